The second-order valence-electron chi connectivity index (χ2n) is 7.26. The Labute approximate surface area is 189 Å². The smallest absolute Gasteiger partial charge is 0.247 e. The molecule has 31 heavy (non-hydrogen) atoms. The van der Waals surface area contributed by atoms with Gasteiger partial charge in [0, 0.05) is 6.54 Å². The zero-order valence-corrected chi connectivity index (χ0v) is 19.0. The van der Waals surface area contributed by atoms with Crippen LogP contribution in [0, 0.1) is 26.7 Å². The van der Waals surface area contributed by atoms with E-state index in [0.717, 1.165) is 16.1 Å². The fourth-order valence-corrected chi connectivity index (χ4v) is 4.49. The quantitative estimate of drug-likeness (QED) is 0.469. The van der Waals surface area contributed by atoms with Crippen molar-refractivity contribution in [3.63, 3.8) is 0 Å². The van der Waals surface area contributed by atoms with Crippen LogP contribution in [-0.4, -0.2) is 33.7 Å². The van der Waals surface area contributed by atoms with Gasteiger partial charge in [-0.05, 0) is 56.2 Å². The van der Waals surface area contributed by atoms with E-state index in [4.69, 9.17) is 12.2 Å². The van der Waals surface area contributed by atoms with Gasteiger partial charge in [-0.1, -0.05) is 47.7 Å². The molecule has 1 aliphatic rings. The largest absolute Gasteiger partial charge is 0.359 e. The number of anilines is 3. The number of hydrogen-bond acceptors (Lipinski definition) is 7. The lowest BCUT2D eigenvalue weighted by Gasteiger charge is -2.40. The number of aromatic nitrogens is 2. The molecular weight excluding hydrogens is 430 g/mol. The average Bonchev–Trinajstić information content (AvgIpc) is 3.16. The molecule has 1 aromatic heterocycles. The predicted molar refractivity (Wildman–Crippen MR) is 127 cm³/mol. The summed E-state index contributed by atoms with van der Waals surface area (Å²) in [6.45, 7) is 5.77. The molecule has 1 aliphatic heterocycles. The van der Waals surface area contributed by atoms with Gasteiger partial charge in [0.25, 0.3) is 0 Å². The number of aryl methyl sites for hydroxylation is 3. The fraction of sp³-hybridized carbons (Fsp3) is 0.227. The standard InChI is InChI=1S/C22H21N5O2S2/c1-13-8-4-6-10-17(13)26-19(28)16(12-23-21-25-24-15(3)31-21)20(29)27(22(26)30)18-11-7-5-9-14(18)2/h4-11,16H,12H2,1-3H3,(H,23,25). The summed E-state index contributed by atoms with van der Waals surface area (Å²) in [5.41, 5.74) is 3.12. The number of amides is 2. The molecule has 158 valence electrons. The summed E-state index contributed by atoms with van der Waals surface area (Å²) in [6, 6.07) is 15.0. The van der Waals surface area contributed by atoms with Gasteiger partial charge in [0.05, 0.1) is 11.4 Å². The average molecular weight is 452 g/mol. The molecule has 1 N–H and O–H groups in total. The Hall–Kier alpha value is -3.17. The number of benzene rings is 2. The van der Waals surface area contributed by atoms with Gasteiger partial charge in [0.2, 0.25) is 16.9 Å². The number of carbonyl (C=O) groups excluding carboxylic acids is 2. The fourth-order valence-electron chi connectivity index (χ4n) is 3.51. The highest BCUT2D eigenvalue weighted by molar-refractivity contribution is 7.81. The van der Waals surface area contributed by atoms with Crippen LogP contribution in [0.25, 0.3) is 0 Å². The summed E-state index contributed by atoms with van der Waals surface area (Å²) in [6.07, 6.45) is 0. The first-order valence-electron chi connectivity index (χ1n) is 9.75. The van der Waals surface area contributed by atoms with E-state index in [-0.39, 0.29) is 23.5 Å². The van der Waals surface area contributed by atoms with Crippen LogP contribution < -0.4 is 15.1 Å². The highest BCUT2D eigenvalue weighted by Crippen LogP contribution is 2.32. The van der Waals surface area contributed by atoms with Gasteiger partial charge in [-0.2, -0.15) is 0 Å². The van der Waals surface area contributed by atoms with Crippen molar-refractivity contribution in [2.45, 2.75) is 20.8 Å². The first-order chi connectivity index (χ1) is 14.9. The lowest BCUT2D eigenvalue weighted by Crippen LogP contribution is -2.62. The molecule has 9 heteroatoms. The van der Waals surface area contributed by atoms with Gasteiger partial charge in [-0.3, -0.25) is 19.4 Å². The molecule has 0 saturated carbocycles. The number of nitrogens with one attached hydrogen (secondary N) is 1. The molecule has 1 fully saturated rings. The van der Waals surface area contributed by atoms with Crippen molar-refractivity contribution in [3.05, 3.63) is 64.7 Å². The van der Waals surface area contributed by atoms with Crippen LogP contribution >= 0.6 is 23.6 Å². The molecular formula is C22H21N5O2S2. The SMILES string of the molecule is Cc1nnc(NCC2C(=O)N(c3ccccc3C)C(=S)N(c3ccccc3C)C2=O)s1. The molecule has 0 bridgehead atoms. The third-order valence-corrected chi connectivity index (χ3v) is 6.28. The maximum absolute atomic E-state index is 13.5. The summed E-state index contributed by atoms with van der Waals surface area (Å²) in [7, 11) is 0. The maximum atomic E-state index is 13.5. The lowest BCUT2D eigenvalue weighted by molar-refractivity contribution is -0.131. The van der Waals surface area contributed by atoms with E-state index >= 15 is 0 Å². The van der Waals surface area contributed by atoms with E-state index in [1.165, 1.54) is 21.1 Å². The highest BCUT2D eigenvalue weighted by atomic mass is 32.1. The van der Waals surface area contributed by atoms with Crippen LogP contribution in [0.3, 0.4) is 0 Å². The van der Waals surface area contributed by atoms with Crippen molar-refractivity contribution in [3.8, 4) is 0 Å². The predicted octanol–water partition coefficient (Wildman–Crippen LogP) is 3.86. The van der Waals surface area contributed by atoms with Crippen LogP contribution in [0.5, 0.6) is 0 Å². The van der Waals surface area contributed by atoms with Gasteiger partial charge in [0.1, 0.15) is 10.9 Å². The normalized spacial score (nSPS) is 15.0. The van der Waals surface area contributed by atoms with Crippen molar-refractivity contribution in [2.24, 2.45) is 5.92 Å². The van der Waals surface area contributed by atoms with Gasteiger partial charge < -0.3 is 5.32 Å². The van der Waals surface area contributed by atoms with Crippen LogP contribution in [0.4, 0.5) is 16.5 Å². The zero-order valence-electron chi connectivity index (χ0n) is 17.3. The topological polar surface area (TPSA) is 78.4 Å². The number of rotatable bonds is 5. The summed E-state index contributed by atoms with van der Waals surface area (Å²) in [4.78, 5) is 29.9. The van der Waals surface area contributed by atoms with E-state index in [9.17, 15) is 9.59 Å². The second kappa shape index (κ2) is 8.52. The van der Waals surface area contributed by atoms with Gasteiger partial charge >= 0.3 is 0 Å². The summed E-state index contributed by atoms with van der Waals surface area (Å²) >= 11 is 7.06. The summed E-state index contributed by atoms with van der Waals surface area (Å²) in [5.74, 6) is -1.68. The van der Waals surface area contributed by atoms with Crippen LogP contribution in [0.15, 0.2) is 48.5 Å². The number of carbonyl (C=O) groups is 2. The highest BCUT2D eigenvalue weighted by Gasteiger charge is 2.45. The molecule has 0 radical (unpaired) electrons. The van der Waals surface area contributed by atoms with E-state index in [1.54, 1.807) is 0 Å². The Balaban J connectivity index is 1.76. The molecule has 2 heterocycles. The van der Waals surface area contributed by atoms with Gasteiger partial charge in [-0.25, -0.2) is 0 Å². The number of thiocarbonyl (C=S) groups is 1. The molecule has 0 aliphatic carbocycles. The van der Waals surface area contributed by atoms with Crippen LogP contribution in [-0.2, 0) is 9.59 Å². The third kappa shape index (κ3) is 3.94. The molecule has 3 aromatic rings. The Morgan fingerprint density at radius 1 is 0.903 bits per heavy atom. The maximum Gasteiger partial charge on any atom is 0.247 e. The minimum Gasteiger partial charge on any atom is -0.359 e. The number of nitrogens with zero attached hydrogens (tertiary/aromatic N) is 4. The molecule has 7 nitrogen and oxygen atoms in total. The number of para-hydroxylation sites is 2. The van der Waals surface area contributed by atoms with Crippen molar-refractivity contribution in [1.29, 1.82) is 0 Å². The first-order valence-corrected chi connectivity index (χ1v) is 11.0. The van der Waals surface area contributed by atoms with Gasteiger partial charge in [-0.15, -0.1) is 10.2 Å². The first kappa shape index (κ1) is 21.1. The third-order valence-electron chi connectivity index (χ3n) is 5.12. The molecule has 0 unspecified atom stereocenters. The Morgan fingerprint density at radius 2 is 1.42 bits per heavy atom. The monoisotopic (exact) mass is 451 g/mol. The zero-order chi connectivity index (χ0) is 22.1. The van der Waals surface area contributed by atoms with Crippen molar-refractivity contribution in [1.82, 2.24) is 10.2 Å². The van der Waals surface area contributed by atoms with E-state index in [2.05, 4.69) is 15.5 Å². The van der Waals surface area contributed by atoms with Gasteiger partial charge in [0.15, 0.2) is 5.11 Å². The summed E-state index contributed by atoms with van der Waals surface area (Å²) in [5, 5.41) is 12.6. The van der Waals surface area contributed by atoms with Crippen LogP contribution in [0.1, 0.15) is 16.1 Å². The van der Waals surface area contributed by atoms with E-state index in [0.29, 0.717) is 16.5 Å². The van der Waals surface area contributed by atoms with Crippen molar-refractivity contribution in [2.75, 3.05) is 21.7 Å². The van der Waals surface area contributed by atoms with Crippen molar-refractivity contribution >= 4 is 57.0 Å². The molecule has 2 aromatic carbocycles. The lowest BCUT2D eigenvalue weighted by atomic mass is 10.0. The van der Waals surface area contributed by atoms with E-state index < -0.39 is 5.92 Å². The van der Waals surface area contributed by atoms with Crippen LogP contribution in [0.2, 0.25) is 0 Å². The molecule has 2 amide bonds. The minimum absolute atomic E-state index is 0.0969. The molecule has 1 saturated heterocycles. The minimum atomic E-state index is -0.963. The second-order valence-corrected chi connectivity index (χ2v) is 8.81. The Bertz CT molecular complexity index is 1110. The Kier molecular flexibility index (Phi) is 5.79. The Morgan fingerprint density at radius 3 is 1.87 bits per heavy atom. The molecule has 0 spiro atoms. The molecule has 0 atom stereocenters. The van der Waals surface area contributed by atoms with E-state index in [1.807, 2.05) is 69.3 Å². The number of hydrogen-bond donors (Lipinski definition) is 1. The summed E-state index contributed by atoms with van der Waals surface area (Å²) < 4.78 is 0. The molecule has 4 rings (SSSR count). The van der Waals surface area contributed by atoms with Crippen molar-refractivity contribution < 1.29 is 9.59 Å².